The lowest BCUT2D eigenvalue weighted by Crippen LogP contribution is -2.16. The van der Waals surface area contributed by atoms with E-state index in [0.29, 0.717) is 0 Å². The lowest BCUT2D eigenvalue weighted by molar-refractivity contribution is -0.113. The van der Waals surface area contributed by atoms with Gasteiger partial charge in [0, 0.05) is 6.08 Å². The van der Waals surface area contributed by atoms with Gasteiger partial charge in [0.25, 0.3) is 0 Å². The van der Waals surface area contributed by atoms with Gasteiger partial charge in [-0.15, -0.1) is 0 Å². The SMILES string of the molecule is CC1=C(/C=C/C(C)=C/C=C\C(C)=C/C(N)=O)C(C)(C)CC=C1. The quantitative estimate of drug-likeness (QED) is 0.576. The molecule has 0 bridgehead atoms. The number of amides is 1. The summed E-state index contributed by atoms with van der Waals surface area (Å²) < 4.78 is 0. The lowest BCUT2D eigenvalue weighted by Gasteiger charge is -2.29. The molecule has 0 spiro atoms. The van der Waals surface area contributed by atoms with Crippen LogP contribution in [0.25, 0.3) is 0 Å². The van der Waals surface area contributed by atoms with Crippen LogP contribution in [0.4, 0.5) is 0 Å². The summed E-state index contributed by atoms with van der Waals surface area (Å²) in [6.07, 6.45) is 17.1. The molecule has 22 heavy (non-hydrogen) atoms. The van der Waals surface area contributed by atoms with Crippen molar-refractivity contribution < 1.29 is 4.79 Å². The van der Waals surface area contributed by atoms with Gasteiger partial charge in [0.05, 0.1) is 0 Å². The highest BCUT2D eigenvalue weighted by atomic mass is 16.1. The molecule has 2 heteroatoms. The van der Waals surface area contributed by atoms with Crippen molar-refractivity contribution in [2.24, 2.45) is 11.1 Å². The number of allylic oxidation sites excluding steroid dienone is 11. The normalized spacial score (nSPS) is 19.5. The van der Waals surface area contributed by atoms with Crippen molar-refractivity contribution in [1.82, 2.24) is 0 Å². The van der Waals surface area contributed by atoms with Crippen molar-refractivity contribution in [3.05, 3.63) is 70.9 Å². The number of primary amides is 1. The van der Waals surface area contributed by atoms with E-state index in [4.69, 9.17) is 5.73 Å². The fourth-order valence-corrected chi connectivity index (χ4v) is 2.52. The zero-order chi connectivity index (χ0) is 16.8. The molecule has 0 saturated heterocycles. The van der Waals surface area contributed by atoms with E-state index in [2.05, 4.69) is 52.0 Å². The molecule has 1 rings (SSSR count). The molecule has 0 fully saturated rings. The summed E-state index contributed by atoms with van der Waals surface area (Å²) in [5, 5.41) is 0. The first-order valence-electron chi connectivity index (χ1n) is 7.61. The molecule has 0 aromatic rings. The maximum Gasteiger partial charge on any atom is 0.241 e. The van der Waals surface area contributed by atoms with Crippen molar-refractivity contribution in [2.45, 2.75) is 41.0 Å². The van der Waals surface area contributed by atoms with Gasteiger partial charge >= 0.3 is 0 Å². The average molecular weight is 297 g/mol. The van der Waals surface area contributed by atoms with Gasteiger partial charge in [-0.3, -0.25) is 4.79 Å². The molecule has 0 aromatic carbocycles. The number of rotatable bonds is 5. The molecule has 0 saturated carbocycles. The lowest BCUT2D eigenvalue weighted by atomic mass is 9.75. The van der Waals surface area contributed by atoms with Crippen molar-refractivity contribution in [2.75, 3.05) is 0 Å². The maximum absolute atomic E-state index is 10.8. The third kappa shape index (κ3) is 5.72. The highest BCUT2D eigenvalue weighted by Gasteiger charge is 2.23. The summed E-state index contributed by atoms with van der Waals surface area (Å²) >= 11 is 0. The third-order valence-electron chi connectivity index (χ3n) is 3.75. The molecule has 0 atom stereocenters. The van der Waals surface area contributed by atoms with Crippen LogP contribution >= 0.6 is 0 Å². The molecule has 0 aromatic heterocycles. The van der Waals surface area contributed by atoms with E-state index >= 15 is 0 Å². The summed E-state index contributed by atoms with van der Waals surface area (Å²) in [6, 6.07) is 0. The molecule has 2 nitrogen and oxygen atoms in total. The molecule has 1 aliphatic carbocycles. The Bertz CT molecular complexity index is 608. The van der Waals surface area contributed by atoms with E-state index in [-0.39, 0.29) is 5.41 Å². The van der Waals surface area contributed by atoms with Gasteiger partial charge < -0.3 is 5.73 Å². The van der Waals surface area contributed by atoms with Crippen LogP contribution in [0.5, 0.6) is 0 Å². The minimum Gasteiger partial charge on any atom is -0.366 e. The number of hydrogen-bond acceptors (Lipinski definition) is 1. The van der Waals surface area contributed by atoms with E-state index in [1.54, 1.807) is 0 Å². The minimum atomic E-state index is -0.419. The molecule has 1 aliphatic rings. The van der Waals surface area contributed by atoms with Crippen molar-refractivity contribution >= 4 is 5.91 Å². The molecule has 0 heterocycles. The Balaban J connectivity index is 2.82. The number of carbonyl (C=O) groups excluding carboxylic acids is 1. The second kappa shape index (κ2) is 7.79. The number of carbonyl (C=O) groups is 1. The third-order valence-corrected chi connectivity index (χ3v) is 3.75. The van der Waals surface area contributed by atoms with Crippen LogP contribution in [0.2, 0.25) is 0 Å². The van der Waals surface area contributed by atoms with Gasteiger partial charge in [-0.05, 0) is 49.3 Å². The van der Waals surface area contributed by atoms with E-state index in [0.717, 1.165) is 17.6 Å². The van der Waals surface area contributed by atoms with Gasteiger partial charge in [-0.25, -0.2) is 0 Å². The van der Waals surface area contributed by atoms with Crippen molar-refractivity contribution in [3.63, 3.8) is 0 Å². The molecular weight excluding hydrogens is 270 g/mol. The second-order valence-electron chi connectivity index (χ2n) is 6.48. The predicted octanol–water partition coefficient (Wildman–Crippen LogP) is 4.78. The summed E-state index contributed by atoms with van der Waals surface area (Å²) in [4.78, 5) is 10.8. The van der Waals surface area contributed by atoms with Gasteiger partial charge in [0.15, 0.2) is 0 Å². The van der Waals surface area contributed by atoms with E-state index < -0.39 is 5.91 Å². The fraction of sp³-hybridized carbons (Fsp3) is 0.350. The Labute approximate surface area is 134 Å². The van der Waals surface area contributed by atoms with Crippen LogP contribution in [-0.2, 0) is 4.79 Å². The monoisotopic (exact) mass is 297 g/mol. The Morgan fingerprint density at radius 1 is 1.23 bits per heavy atom. The smallest absolute Gasteiger partial charge is 0.241 e. The van der Waals surface area contributed by atoms with Crippen LogP contribution in [-0.4, -0.2) is 5.91 Å². The predicted molar refractivity (Wildman–Crippen MR) is 95.2 cm³/mol. The highest BCUT2D eigenvalue weighted by molar-refractivity contribution is 5.86. The fourth-order valence-electron chi connectivity index (χ4n) is 2.52. The first kappa shape index (κ1) is 18.0. The van der Waals surface area contributed by atoms with Crippen LogP contribution < -0.4 is 5.73 Å². The standard InChI is InChI=1S/C20H27NO/c1-15(8-6-9-16(2)14-19(21)22)11-12-18-17(3)10-7-13-20(18,4)5/h6-12,14H,13H2,1-5H3,(H2,21,22)/b9-6-,12-11+,15-8+,16-14-. The van der Waals surface area contributed by atoms with Crippen molar-refractivity contribution in [3.8, 4) is 0 Å². The Hall–Kier alpha value is -2.09. The summed E-state index contributed by atoms with van der Waals surface area (Å²) in [5.41, 5.74) is 10.0. The first-order chi connectivity index (χ1) is 10.2. The Morgan fingerprint density at radius 3 is 2.50 bits per heavy atom. The van der Waals surface area contributed by atoms with E-state index in [1.165, 1.54) is 17.2 Å². The Kier molecular flexibility index (Phi) is 6.36. The zero-order valence-electron chi connectivity index (χ0n) is 14.3. The Morgan fingerprint density at radius 2 is 1.91 bits per heavy atom. The first-order valence-corrected chi connectivity index (χ1v) is 7.61. The average Bonchev–Trinajstić information content (AvgIpc) is 2.36. The molecule has 0 aliphatic heterocycles. The van der Waals surface area contributed by atoms with Gasteiger partial charge in [0.2, 0.25) is 5.91 Å². The highest BCUT2D eigenvalue weighted by Crippen LogP contribution is 2.37. The van der Waals surface area contributed by atoms with Crippen LogP contribution in [0, 0.1) is 5.41 Å². The van der Waals surface area contributed by atoms with Crippen LogP contribution in [0.3, 0.4) is 0 Å². The van der Waals surface area contributed by atoms with E-state index in [9.17, 15) is 4.79 Å². The van der Waals surface area contributed by atoms with Gasteiger partial charge in [-0.1, -0.05) is 62.0 Å². The molecule has 1 amide bonds. The number of nitrogens with two attached hydrogens (primary N) is 1. The summed E-state index contributed by atoms with van der Waals surface area (Å²) in [5.74, 6) is -0.419. The molecule has 2 N–H and O–H groups in total. The summed E-state index contributed by atoms with van der Waals surface area (Å²) in [6.45, 7) is 10.6. The molecule has 0 unspecified atom stereocenters. The van der Waals surface area contributed by atoms with Crippen molar-refractivity contribution in [1.29, 1.82) is 0 Å². The molecular formula is C20H27NO. The largest absolute Gasteiger partial charge is 0.366 e. The second-order valence-corrected chi connectivity index (χ2v) is 6.48. The topological polar surface area (TPSA) is 43.1 Å². The molecule has 0 radical (unpaired) electrons. The van der Waals surface area contributed by atoms with E-state index in [1.807, 2.05) is 25.2 Å². The van der Waals surface area contributed by atoms with Crippen LogP contribution in [0.1, 0.15) is 41.0 Å². The van der Waals surface area contributed by atoms with Gasteiger partial charge in [0.1, 0.15) is 0 Å². The molecule has 118 valence electrons. The van der Waals surface area contributed by atoms with Gasteiger partial charge in [-0.2, -0.15) is 0 Å². The summed E-state index contributed by atoms with van der Waals surface area (Å²) in [7, 11) is 0. The van der Waals surface area contributed by atoms with Crippen LogP contribution in [0.15, 0.2) is 70.9 Å². The minimum absolute atomic E-state index is 0.187. The maximum atomic E-state index is 10.8. The zero-order valence-corrected chi connectivity index (χ0v) is 14.3. The number of hydrogen-bond donors (Lipinski definition) is 1.